The molecule has 0 aliphatic heterocycles. The number of carbonyl (C=O) groups is 1. The van der Waals surface area contributed by atoms with Crippen LogP contribution in [0.3, 0.4) is 0 Å². The monoisotopic (exact) mass is 438 g/mol. The third-order valence-electron chi connectivity index (χ3n) is 3.80. The van der Waals surface area contributed by atoms with Crippen LogP contribution in [0.15, 0.2) is 53.7 Å². The molecule has 1 aliphatic carbocycles. The molecule has 0 unspecified atom stereocenters. The summed E-state index contributed by atoms with van der Waals surface area (Å²) in [5.74, 6) is 0.242. The minimum atomic E-state index is -0.749. The Morgan fingerprint density at radius 2 is 1.79 bits per heavy atom. The molecule has 0 radical (unpaired) electrons. The molecule has 0 spiro atoms. The maximum atomic E-state index is 11.5. The van der Waals surface area contributed by atoms with E-state index in [2.05, 4.69) is 16.6 Å². The van der Waals surface area contributed by atoms with Gasteiger partial charge in [0.1, 0.15) is 16.9 Å². The topological polar surface area (TPSA) is 91.6 Å². The van der Waals surface area contributed by atoms with Gasteiger partial charge in [0.2, 0.25) is 0 Å². The first-order valence-corrected chi connectivity index (χ1v) is 11.3. The van der Waals surface area contributed by atoms with Crippen molar-refractivity contribution < 1.29 is 19.2 Å². The van der Waals surface area contributed by atoms with Gasteiger partial charge >= 0.3 is 6.16 Å². The summed E-state index contributed by atoms with van der Waals surface area (Å²) in [7, 11) is 1.35. The van der Waals surface area contributed by atoms with Crippen LogP contribution in [0.5, 0.6) is 5.75 Å². The largest absolute Gasteiger partial charge is 0.514 e. The van der Waals surface area contributed by atoms with E-state index in [1.54, 1.807) is 6.20 Å². The molecule has 3 rings (SSSR count). The maximum Gasteiger partial charge on any atom is 0.514 e. The molecule has 9 heteroatoms. The number of hydrogen-bond acceptors (Lipinski definition) is 8. The van der Waals surface area contributed by atoms with Gasteiger partial charge in [-0.25, -0.2) is 9.78 Å². The summed E-state index contributed by atoms with van der Waals surface area (Å²) >= 11 is 3.96. The van der Waals surface area contributed by atoms with Gasteiger partial charge in [-0.3, -0.25) is 10.1 Å². The van der Waals surface area contributed by atoms with Crippen LogP contribution in [0.1, 0.15) is 46.0 Å². The standard InChI is InChI=1S/C13H15NO5.C5H5NS2.C2H6/c15-13(18-11-4-2-1-3-5-11)19-12-8-6-10(7-9-12)14(16)17;7-8-5-3-1-2-4-6-5;1-2/h6-9,11H,1-5H2;1-4,7H;1-2H3. The van der Waals surface area contributed by atoms with Crippen molar-refractivity contribution in [2.75, 3.05) is 0 Å². The molecule has 0 saturated heterocycles. The Kier molecular flexibility index (Phi) is 12.6. The van der Waals surface area contributed by atoms with E-state index in [1.165, 1.54) is 41.5 Å². The van der Waals surface area contributed by atoms with Gasteiger partial charge in [0, 0.05) is 18.3 Å². The lowest BCUT2D eigenvalue weighted by atomic mass is 9.98. The molecule has 1 fully saturated rings. The molecule has 1 aromatic carbocycles. The molecule has 1 aromatic heterocycles. The third kappa shape index (κ3) is 10.2. The number of nitro benzene ring substituents is 1. The Bertz CT molecular complexity index is 723. The highest BCUT2D eigenvalue weighted by Gasteiger charge is 2.19. The highest BCUT2D eigenvalue weighted by Crippen LogP contribution is 2.22. The van der Waals surface area contributed by atoms with Gasteiger partial charge < -0.3 is 9.47 Å². The van der Waals surface area contributed by atoms with Crippen molar-refractivity contribution in [1.29, 1.82) is 0 Å². The number of carbonyl (C=O) groups excluding carboxylic acids is 1. The quantitative estimate of drug-likeness (QED) is 0.146. The van der Waals surface area contributed by atoms with Crippen LogP contribution >= 0.6 is 22.5 Å². The van der Waals surface area contributed by atoms with Crippen molar-refractivity contribution in [3.05, 3.63) is 58.8 Å². The molecule has 29 heavy (non-hydrogen) atoms. The average Bonchev–Trinajstić information content (AvgIpc) is 2.77. The lowest BCUT2D eigenvalue weighted by Crippen LogP contribution is -2.23. The summed E-state index contributed by atoms with van der Waals surface area (Å²) in [6, 6.07) is 11.0. The zero-order chi connectivity index (χ0) is 21.5. The SMILES string of the molecule is CC.O=C(Oc1ccc([N+](=O)[O-])cc1)OC1CCCCC1.SSc1ccccn1. The molecule has 1 aliphatic rings. The molecular weight excluding hydrogens is 412 g/mol. The summed E-state index contributed by atoms with van der Waals surface area (Å²) in [5.41, 5.74) is -0.0482. The molecule has 7 nitrogen and oxygen atoms in total. The molecule has 0 amide bonds. The summed E-state index contributed by atoms with van der Waals surface area (Å²) in [6.45, 7) is 4.00. The fourth-order valence-corrected chi connectivity index (χ4v) is 3.05. The maximum absolute atomic E-state index is 11.5. The molecular formula is C20H26N2O5S2. The third-order valence-corrected chi connectivity index (χ3v) is 4.78. The van der Waals surface area contributed by atoms with E-state index < -0.39 is 11.1 Å². The zero-order valence-corrected chi connectivity index (χ0v) is 18.2. The Hall–Kier alpha value is -2.26. The van der Waals surface area contributed by atoms with E-state index in [1.807, 2.05) is 32.0 Å². The van der Waals surface area contributed by atoms with Gasteiger partial charge in [0.25, 0.3) is 5.69 Å². The number of hydrogen-bond donors (Lipinski definition) is 1. The van der Waals surface area contributed by atoms with Crippen molar-refractivity contribution in [3.8, 4) is 5.75 Å². The summed E-state index contributed by atoms with van der Waals surface area (Å²) in [6.07, 6.45) is 5.98. The van der Waals surface area contributed by atoms with E-state index in [0.717, 1.165) is 30.7 Å². The van der Waals surface area contributed by atoms with Crippen LogP contribution in [0, 0.1) is 10.1 Å². The predicted molar refractivity (Wildman–Crippen MR) is 118 cm³/mol. The molecule has 0 atom stereocenters. The van der Waals surface area contributed by atoms with E-state index in [9.17, 15) is 14.9 Å². The fraction of sp³-hybridized carbons (Fsp3) is 0.400. The second-order valence-electron chi connectivity index (χ2n) is 5.74. The second kappa shape index (κ2) is 14.7. The summed E-state index contributed by atoms with van der Waals surface area (Å²) in [5, 5.41) is 11.4. The number of nitrogens with zero attached hydrogens (tertiary/aromatic N) is 2. The highest BCUT2D eigenvalue weighted by molar-refractivity contribution is 8.68. The van der Waals surface area contributed by atoms with Crippen molar-refractivity contribution in [1.82, 2.24) is 4.98 Å². The number of aromatic nitrogens is 1. The van der Waals surface area contributed by atoms with Crippen molar-refractivity contribution in [3.63, 3.8) is 0 Å². The first-order chi connectivity index (χ1) is 14.1. The summed E-state index contributed by atoms with van der Waals surface area (Å²) < 4.78 is 10.1. The summed E-state index contributed by atoms with van der Waals surface area (Å²) in [4.78, 5) is 25.5. The fourth-order valence-electron chi connectivity index (χ4n) is 2.48. The molecule has 158 valence electrons. The predicted octanol–water partition coefficient (Wildman–Crippen LogP) is 6.49. The van der Waals surface area contributed by atoms with Gasteiger partial charge in [0.05, 0.1) is 4.92 Å². The van der Waals surface area contributed by atoms with Crippen LogP contribution in [0.25, 0.3) is 0 Å². The van der Waals surface area contributed by atoms with Gasteiger partial charge in [-0.1, -0.05) is 26.3 Å². The number of nitro groups is 1. The molecule has 0 N–H and O–H groups in total. The average molecular weight is 439 g/mol. The van der Waals surface area contributed by atoms with Crippen molar-refractivity contribution in [2.24, 2.45) is 0 Å². The van der Waals surface area contributed by atoms with E-state index in [0.29, 0.717) is 0 Å². The lowest BCUT2D eigenvalue weighted by molar-refractivity contribution is -0.384. The Morgan fingerprint density at radius 3 is 2.28 bits per heavy atom. The number of non-ortho nitro benzene ring substituents is 1. The Balaban J connectivity index is 0.000000351. The minimum absolute atomic E-state index is 0.0482. The molecule has 1 saturated carbocycles. The normalized spacial score (nSPS) is 13.1. The van der Waals surface area contributed by atoms with Crippen LogP contribution in [0.4, 0.5) is 10.5 Å². The number of ether oxygens (including phenoxy) is 2. The Labute approximate surface area is 180 Å². The Morgan fingerprint density at radius 1 is 1.14 bits per heavy atom. The first kappa shape index (κ1) is 24.8. The van der Waals surface area contributed by atoms with Gasteiger partial charge in [0.15, 0.2) is 0 Å². The van der Waals surface area contributed by atoms with Crippen LogP contribution in [-0.2, 0) is 4.74 Å². The molecule has 2 aromatic rings. The number of benzene rings is 1. The second-order valence-corrected chi connectivity index (χ2v) is 6.89. The van der Waals surface area contributed by atoms with Crippen molar-refractivity contribution in [2.45, 2.75) is 57.1 Å². The van der Waals surface area contributed by atoms with Gasteiger partial charge in [-0.15, -0.1) is 11.7 Å². The lowest BCUT2D eigenvalue weighted by Gasteiger charge is -2.21. The smallest absolute Gasteiger partial charge is 0.431 e. The van der Waals surface area contributed by atoms with Crippen LogP contribution < -0.4 is 4.74 Å². The van der Waals surface area contributed by atoms with Gasteiger partial charge in [-0.2, -0.15) is 0 Å². The van der Waals surface area contributed by atoms with E-state index >= 15 is 0 Å². The molecule has 0 bridgehead atoms. The highest BCUT2D eigenvalue weighted by atomic mass is 33.1. The number of thiol groups is 1. The molecule has 1 heterocycles. The number of pyridine rings is 1. The number of rotatable bonds is 4. The zero-order valence-electron chi connectivity index (χ0n) is 16.5. The van der Waals surface area contributed by atoms with Crippen molar-refractivity contribution >= 4 is 34.3 Å². The van der Waals surface area contributed by atoms with Gasteiger partial charge in [-0.05, 0) is 60.7 Å². The van der Waals surface area contributed by atoms with Crippen LogP contribution in [0.2, 0.25) is 0 Å². The van der Waals surface area contributed by atoms with E-state index in [4.69, 9.17) is 9.47 Å². The first-order valence-electron chi connectivity index (χ1n) is 9.44. The van der Waals surface area contributed by atoms with E-state index in [-0.39, 0.29) is 17.5 Å². The minimum Gasteiger partial charge on any atom is -0.431 e. The van der Waals surface area contributed by atoms with Crippen LogP contribution in [-0.4, -0.2) is 22.2 Å².